The molecule has 1 aliphatic heterocycles. The van der Waals surface area contributed by atoms with Crippen LogP contribution in [0.25, 0.3) is 0 Å². The lowest BCUT2D eigenvalue weighted by Gasteiger charge is -2.30. The van der Waals surface area contributed by atoms with Crippen molar-refractivity contribution >= 4 is 5.78 Å². The topological polar surface area (TPSA) is 59.2 Å². The van der Waals surface area contributed by atoms with Crippen molar-refractivity contribution in [2.24, 2.45) is 11.8 Å². The van der Waals surface area contributed by atoms with Crippen molar-refractivity contribution in [1.82, 2.24) is 15.0 Å². The second kappa shape index (κ2) is 9.27. The molecule has 5 nitrogen and oxygen atoms in total. The molecule has 27 heavy (non-hydrogen) atoms. The maximum atomic E-state index is 12.8. The van der Waals surface area contributed by atoms with Gasteiger partial charge < -0.3 is 4.52 Å². The van der Waals surface area contributed by atoms with Gasteiger partial charge in [-0.25, -0.2) is 0 Å². The number of ketones is 1. The predicted molar refractivity (Wildman–Crippen MR) is 106 cm³/mol. The smallest absolute Gasteiger partial charge is 0.240 e. The molecule has 0 amide bonds. The second-order valence-corrected chi connectivity index (χ2v) is 8.06. The quantitative estimate of drug-likeness (QED) is 0.649. The molecule has 0 spiro atoms. The third-order valence-electron chi connectivity index (χ3n) is 5.18. The van der Waals surface area contributed by atoms with Gasteiger partial charge >= 0.3 is 0 Å². The number of piperidine rings is 1. The van der Waals surface area contributed by atoms with E-state index in [1.807, 2.05) is 12.1 Å². The minimum Gasteiger partial charge on any atom is -0.338 e. The van der Waals surface area contributed by atoms with E-state index >= 15 is 0 Å². The molecule has 2 aromatic rings. The molecule has 0 unspecified atom stereocenters. The fourth-order valence-corrected chi connectivity index (χ4v) is 3.74. The third kappa shape index (κ3) is 5.48. The molecule has 0 N–H and O–H groups in total. The van der Waals surface area contributed by atoms with Crippen LogP contribution in [0.5, 0.6) is 0 Å². The number of hydrogen-bond acceptors (Lipinski definition) is 5. The van der Waals surface area contributed by atoms with Crippen LogP contribution in [-0.2, 0) is 19.4 Å². The van der Waals surface area contributed by atoms with Crippen molar-refractivity contribution in [3.63, 3.8) is 0 Å². The Labute approximate surface area is 162 Å². The van der Waals surface area contributed by atoms with E-state index < -0.39 is 0 Å². The first kappa shape index (κ1) is 19.7. The molecule has 146 valence electrons. The zero-order valence-corrected chi connectivity index (χ0v) is 16.8. The normalized spacial score (nSPS) is 16.1. The van der Waals surface area contributed by atoms with Gasteiger partial charge in [0.05, 0.1) is 6.54 Å². The Morgan fingerprint density at radius 2 is 1.93 bits per heavy atom. The molecular formula is C22H31N3O2. The lowest BCUT2D eigenvalue weighted by molar-refractivity contribution is 0.0825. The number of Topliss-reactive ketones (excluding diaryl/α,β-unsaturated/α-hetero) is 1. The summed E-state index contributed by atoms with van der Waals surface area (Å²) < 4.78 is 5.33. The number of hydrogen-bond donors (Lipinski definition) is 0. The average molecular weight is 370 g/mol. The van der Waals surface area contributed by atoms with Gasteiger partial charge in [-0.2, -0.15) is 4.98 Å². The Kier molecular flexibility index (Phi) is 6.78. The summed E-state index contributed by atoms with van der Waals surface area (Å²) in [4.78, 5) is 19.6. The van der Waals surface area contributed by atoms with Crippen LogP contribution < -0.4 is 0 Å². The van der Waals surface area contributed by atoms with Crippen LogP contribution in [0.2, 0.25) is 0 Å². The monoisotopic (exact) mass is 369 g/mol. The Hall–Kier alpha value is -2.01. The highest BCUT2D eigenvalue weighted by atomic mass is 16.5. The van der Waals surface area contributed by atoms with Crippen molar-refractivity contribution in [1.29, 1.82) is 0 Å². The van der Waals surface area contributed by atoms with Crippen molar-refractivity contribution in [2.75, 3.05) is 13.1 Å². The first-order chi connectivity index (χ1) is 13.0. The summed E-state index contributed by atoms with van der Waals surface area (Å²) >= 11 is 0. The van der Waals surface area contributed by atoms with Gasteiger partial charge in [-0.15, -0.1) is 0 Å². The average Bonchev–Trinajstić information content (AvgIpc) is 3.09. The highest BCUT2D eigenvalue weighted by Gasteiger charge is 2.26. The summed E-state index contributed by atoms with van der Waals surface area (Å²) in [5, 5.41) is 4.01. The van der Waals surface area contributed by atoms with Crippen LogP contribution in [0.3, 0.4) is 0 Å². The van der Waals surface area contributed by atoms with E-state index in [1.165, 1.54) is 5.56 Å². The number of aromatic nitrogens is 2. The number of carbonyl (C=O) groups excluding carboxylic acids is 1. The van der Waals surface area contributed by atoms with Gasteiger partial charge in [0.2, 0.25) is 5.89 Å². The van der Waals surface area contributed by atoms with Gasteiger partial charge in [-0.1, -0.05) is 50.2 Å². The molecule has 2 heterocycles. The Bertz CT molecular complexity index is 728. The molecule has 1 aromatic heterocycles. The van der Waals surface area contributed by atoms with Gasteiger partial charge in [0.25, 0.3) is 0 Å². The Balaban J connectivity index is 1.49. The second-order valence-electron chi connectivity index (χ2n) is 8.06. The third-order valence-corrected chi connectivity index (χ3v) is 5.18. The molecule has 0 aliphatic carbocycles. The van der Waals surface area contributed by atoms with E-state index in [-0.39, 0.29) is 11.7 Å². The summed E-state index contributed by atoms with van der Waals surface area (Å²) in [5.74, 6) is 2.51. The Morgan fingerprint density at radius 3 is 2.56 bits per heavy atom. The number of benzene rings is 1. The number of rotatable bonds is 8. The molecule has 1 aliphatic rings. The lowest BCUT2D eigenvalue weighted by Crippen LogP contribution is -2.36. The fraction of sp³-hybridized carbons (Fsp3) is 0.591. The molecule has 3 rings (SSSR count). The molecule has 1 saturated heterocycles. The molecule has 5 heteroatoms. The maximum Gasteiger partial charge on any atom is 0.240 e. The fourth-order valence-electron chi connectivity index (χ4n) is 3.74. The highest BCUT2D eigenvalue weighted by molar-refractivity contribution is 5.97. The number of nitrogens with zero attached hydrogens (tertiary/aromatic N) is 3. The van der Waals surface area contributed by atoms with Crippen molar-refractivity contribution in [3.05, 3.63) is 47.1 Å². The van der Waals surface area contributed by atoms with Crippen molar-refractivity contribution in [3.8, 4) is 0 Å². The SMILES string of the molecule is CCCc1noc(CN2CCC(C(=O)c3ccc(CC(C)C)cc3)CC2)n1. The summed E-state index contributed by atoms with van der Waals surface area (Å²) in [6.07, 6.45) is 4.72. The minimum absolute atomic E-state index is 0.121. The van der Waals surface area contributed by atoms with Gasteiger partial charge in [0.1, 0.15) is 0 Å². The highest BCUT2D eigenvalue weighted by Crippen LogP contribution is 2.23. The first-order valence-electron chi connectivity index (χ1n) is 10.2. The van der Waals surface area contributed by atoms with Crippen LogP contribution >= 0.6 is 0 Å². The van der Waals surface area contributed by atoms with E-state index in [0.717, 1.165) is 56.6 Å². The molecule has 0 bridgehead atoms. The maximum absolute atomic E-state index is 12.8. The van der Waals surface area contributed by atoms with Crippen LogP contribution in [0.15, 0.2) is 28.8 Å². The molecule has 1 aromatic carbocycles. The number of carbonyl (C=O) groups is 1. The lowest BCUT2D eigenvalue weighted by atomic mass is 9.88. The molecule has 1 fully saturated rings. The molecule has 0 saturated carbocycles. The van der Waals surface area contributed by atoms with E-state index in [2.05, 4.69) is 47.9 Å². The van der Waals surface area contributed by atoms with E-state index in [9.17, 15) is 4.79 Å². The zero-order valence-electron chi connectivity index (χ0n) is 16.8. The molecular weight excluding hydrogens is 338 g/mol. The molecule has 0 radical (unpaired) electrons. The van der Waals surface area contributed by atoms with Crippen LogP contribution in [0.1, 0.15) is 67.7 Å². The van der Waals surface area contributed by atoms with Crippen LogP contribution in [0.4, 0.5) is 0 Å². The van der Waals surface area contributed by atoms with E-state index in [1.54, 1.807) is 0 Å². The van der Waals surface area contributed by atoms with Crippen molar-refractivity contribution in [2.45, 2.75) is 59.4 Å². The summed E-state index contributed by atoms with van der Waals surface area (Å²) in [6.45, 7) is 9.01. The van der Waals surface area contributed by atoms with Gasteiger partial charge in [0.15, 0.2) is 11.6 Å². The first-order valence-corrected chi connectivity index (χ1v) is 10.2. The van der Waals surface area contributed by atoms with Crippen LogP contribution in [-0.4, -0.2) is 33.9 Å². The zero-order chi connectivity index (χ0) is 19.2. The van der Waals surface area contributed by atoms with Crippen molar-refractivity contribution < 1.29 is 9.32 Å². The standard InChI is InChI=1S/C22H31N3O2/c1-4-5-20-23-21(27-24-20)15-25-12-10-19(11-13-25)22(26)18-8-6-17(7-9-18)14-16(2)3/h6-9,16,19H,4-5,10-15H2,1-3H3. The summed E-state index contributed by atoms with van der Waals surface area (Å²) in [7, 11) is 0. The summed E-state index contributed by atoms with van der Waals surface area (Å²) in [5.41, 5.74) is 2.15. The Morgan fingerprint density at radius 1 is 1.22 bits per heavy atom. The molecule has 0 atom stereocenters. The summed E-state index contributed by atoms with van der Waals surface area (Å²) in [6, 6.07) is 8.21. The predicted octanol–water partition coefficient (Wildman–Crippen LogP) is 4.32. The van der Waals surface area contributed by atoms with Gasteiger partial charge in [-0.05, 0) is 50.3 Å². The van der Waals surface area contributed by atoms with Gasteiger partial charge in [0, 0.05) is 17.9 Å². The van der Waals surface area contributed by atoms with Gasteiger partial charge in [-0.3, -0.25) is 9.69 Å². The minimum atomic E-state index is 0.121. The van der Waals surface area contributed by atoms with E-state index in [4.69, 9.17) is 4.52 Å². The van der Waals surface area contributed by atoms with E-state index in [0.29, 0.717) is 18.4 Å². The number of aryl methyl sites for hydroxylation is 1. The number of likely N-dealkylation sites (tertiary alicyclic amines) is 1. The largest absolute Gasteiger partial charge is 0.338 e. The van der Waals surface area contributed by atoms with Crippen LogP contribution in [0, 0.1) is 11.8 Å².